The van der Waals surface area contributed by atoms with Crippen molar-refractivity contribution in [1.82, 2.24) is 14.7 Å². The maximum atomic E-state index is 5.84. The third kappa shape index (κ3) is 6.14. The first-order valence-corrected chi connectivity index (χ1v) is 7.45. The molecule has 4 heteroatoms. The molecule has 108 valence electrons. The van der Waals surface area contributed by atoms with E-state index in [1.54, 1.807) is 0 Å². The van der Waals surface area contributed by atoms with Gasteiger partial charge in [0.05, 0.1) is 0 Å². The van der Waals surface area contributed by atoms with Gasteiger partial charge in [-0.25, -0.2) is 0 Å². The van der Waals surface area contributed by atoms with Crippen molar-refractivity contribution < 1.29 is 0 Å². The second-order valence-electron chi connectivity index (χ2n) is 5.84. The average Bonchev–Trinajstić information content (AvgIpc) is 2.37. The van der Waals surface area contributed by atoms with Crippen LogP contribution in [0.1, 0.15) is 19.8 Å². The summed E-state index contributed by atoms with van der Waals surface area (Å²) in [4.78, 5) is 7.44. The lowest BCUT2D eigenvalue weighted by atomic mass is 10.0. The number of nitrogens with two attached hydrogens (primary N) is 1. The molecule has 1 aliphatic heterocycles. The molecule has 2 N–H and O–H groups in total. The van der Waals surface area contributed by atoms with Crippen molar-refractivity contribution in [2.75, 3.05) is 66.5 Å². The first-order valence-electron chi connectivity index (χ1n) is 7.45. The first kappa shape index (κ1) is 15.9. The van der Waals surface area contributed by atoms with Crippen LogP contribution in [0.15, 0.2) is 0 Å². The van der Waals surface area contributed by atoms with Crippen LogP contribution in [0.5, 0.6) is 0 Å². The van der Waals surface area contributed by atoms with Gasteiger partial charge in [-0.15, -0.1) is 0 Å². The van der Waals surface area contributed by atoms with E-state index in [1.165, 1.54) is 58.7 Å². The van der Waals surface area contributed by atoms with Crippen molar-refractivity contribution in [2.24, 2.45) is 11.7 Å². The zero-order chi connectivity index (χ0) is 13.4. The third-order valence-corrected chi connectivity index (χ3v) is 3.88. The summed E-state index contributed by atoms with van der Waals surface area (Å²) in [5.41, 5.74) is 5.84. The normalized spacial score (nSPS) is 20.5. The SMILES string of the molecule is CCCC(CN)CN1CCN(CCN(C)C)CC1. The van der Waals surface area contributed by atoms with Gasteiger partial charge in [0.15, 0.2) is 0 Å². The molecule has 18 heavy (non-hydrogen) atoms. The van der Waals surface area contributed by atoms with Crippen LogP contribution in [0, 0.1) is 5.92 Å². The second kappa shape index (κ2) is 8.86. The minimum atomic E-state index is 0.698. The zero-order valence-corrected chi connectivity index (χ0v) is 12.6. The van der Waals surface area contributed by atoms with E-state index in [2.05, 4.69) is 35.7 Å². The number of likely N-dealkylation sites (N-methyl/N-ethyl adjacent to an activating group) is 1. The highest BCUT2D eigenvalue weighted by Crippen LogP contribution is 2.09. The van der Waals surface area contributed by atoms with Crippen LogP contribution >= 0.6 is 0 Å². The van der Waals surface area contributed by atoms with E-state index in [0.29, 0.717) is 5.92 Å². The molecule has 0 spiro atoms. The molecule has 0 bridgehead atoms. The molecule has 1 heterocycles. The van der Waals surface area contributed by atoms with Gasteiger partial charge in [0.2, 0.25) is 0 Å². The van der Waals surface area contributed by atoms with Gasteiger partial charge in [-0.2, -0.15) is 0 Å². The lowest BCUT2D eigenvalue weighted by Gasteiger charge is -2.36. The largest absolute Gasteiger partial charge is 0.330 e. The molecule has 0 saturated carbocycles. The summed E-state index contributed by atoms with van der Waals surface area (Å²) in [5, 5.41) is 0. The van der Waals surface area contributed by atoms with Crippen LogP contribution in [-0.4, -0.2) is 81.2 Å². The van der Waals surface area contributed by atoms with Gasteiger partial charge in [-0.3, -0.25) is 4.90 Å². The summed E-state index contributed by atoms with van der Waals surface area (Å²) in [5.74, 6) is 0.698. The van der Waals surface area contributed by atoms with E-state index in [9.17, 15) is 0 Å². The fourth-order valence-corrected chi connectivity index (χ4v) is 2.59. The standard InChI is InChI=1S/C14H32N4/c1-4-5-14(12-15)13-18-10-8-17(9-11-18)7-6-16(2)3/h14H,4-13,15H2,1-3H3. The van der Waals surface area contributed by atoms with E-state index in [1.807, 2.05) is 0 Å². The highest BCUT2D eigenvalue weighted by Gasteiger charge is 2.18. The van der Waals surface area contributed by atoms with E-state index >= 15 is 0 Å². The maximum absolute atomic E-state index is 5.84. The van der Waals surface area contributed by atoms with Gasteiger partial charge in [0.1, 0.15) is 0 Å². The summed E-state index contributed by atoms with van der Waals surface area (Å²) < 4.78 is 0. The van der Waals surface area contributed by atoms with Crippen molar-refractivity contribution >= 4 is 0 Å². The Bertz CT molecular complexity index is 200. The van der Waals surface area contributed by atoms with Crippen molar-refractivity contribution in [1.29, 1.82) is 0 Å². The smallest absolute Gasteiger partial charge is 0.0110 e. The molecule has 0 amide bonds. The topological polar surface area (TPSA) is 35.7 Å². The highest BCUT2D eigenvalue weighted by atomic mass is 15.3. The van der Waals surface area contributed by atoms with Crippen LogP contribution in [0.3, 0.4) is 0 Å². The summed E-state index contributed by atoms with van der Waals surface area (Å²) in [7, 11) is 4.29. The minimum absolute atomic E-state index is 0.698. The predicted molar refractivity (Wildman–Crippen MR) is 78.9 cm³/mol. The Morgan fingerprint density at radius 3 is 2.22 bits per heavy atom. The van der Waals surface area contributed by atoms with E-state index in [0.717, 1.165) is 6.54 Å². The number of hydrogen-bond donors (Lipinski definition) is 1. The van der Waals surface area contributed by atoms with Gasteiger partial charge in [0, 0.05) is 45.8 Å². The molecule has 1 aliphatic rings. The van der Waals surface area contributed by atoms with Crippen molar-refractivity contribution in [3.8, 4) is 0 Å². The molecular formula is C14H32N4. The molecule has 0 aromatic rings. The van der Waals surface area contributed by atoms with Gasteiger partial charge >= 0.3 is 0 Å². The Balaban J connectivity index is 2.18. The minimum Gasteiger partial charge on any atom is -0.330 e. The van der Waals surface area contributed by atoms with Crippen LogP contribution in [0.4, 0.5) is 0 Å². The van der Waals surface area contributed by atoms with E-state index in [4.69, 9.17) is 5.73 Å². The third-order valence-electron chi connectivity index (χ3n) is 3.88. The lowest BCUT2D eigenvalue weighted by Crippen LogP contribution is -2.49. The number of rotatable bonds is 8. The highest BCUT2D eigenvalue weighted by molar-refractivity contribution is 4.75. The van der Waals surface area contributed by atoms with Crippen molar-refractivity contribution in [3.63, 3.8) is 0 Å². The second-order valence-corrected chi connectivity index (χ2v) is 5.84. The summed E-state index contributed by atoms with van der Waals surface area (Å²) >= 11 is 0. The van der Waals surface area contributed by atoms with E-state index < -0.39 is 0 Å². The average molecular weight is 256 g/mol. The fraction of sp³-hybridized carbons (Fsp3) is 1.00. The van der Waals surface area contributed by atoms with Gasteiger partial charge in [-0.05, 0) is 33.0 Å². The Kier molecular flexibility index (Phi) is 7.82. The fourth-order valence-electron chi connectivity index (χ4n) is 2.59. The summed E-state index contributed by atoms with van der Waals surface area (Å²) in [6.45, 7) is 11.5. The Labute approximate surface area is 113 Å². The molecule has 0 aromatic carbocycles. The van der Waals surface area contributed by atoms with Crippen LogP contribution in [0.25, 0.3) is 0 Å². The molecule has 0 aromatic heterocycles. The van der Waals surface area contributed by atoms with Gasteiger partial charge in [-0.1, -0.05) is 13.3 Å². The monoisotopic (exact) mass is 256 g/mol. The first-order chi connectivity index (χ1) is 8.65. The molecule has 0 radical (unpaired) electrons. The Morgan fingerprint density at radius 1 is 1.11 bits per heavy atom. The quantitative estimate of drug-likeness (QED) is 0.688. The Hall–Kier alpha value is -0.160. The molecule has 1 saturated heterocycles. The summed E-state index contributed by atoms with van der Waals surface area (Å²) in [6, 6.07) is 0. The molecular weight excluding hydrogens is 224 g/mol. The molecule has 0 aliphatic carbocycles. The number of hydrogen-bond acceptors (Lipinski definition) is 4. The molecule has 1 fully saturated rings. The van der Waals surface area contributed by atoms with Crippen LogP contribution in [-0.2, 0) is 0 Å². The Morgan fingerprint density at radius 2 is 1.72 bits per heavy atom. The lowest BCUT2D eigenvalue weighted by molar-refractivity contribution is 0.111. The molecule has 1 rings (SSSR count). The predicted octanol–water partition coefficient (Wildman–Crippen LogP) is 0.541. The van der Waals surface area contributed by atoms with Crippen LogP contribution in [0.2, 0.25) is 0 Å². The van der Waals surface area contributed by atoms with Crippen molar-refractivity contribution in [3.05, 3.63) is 0 Å². The molecule has 1 unspecified atom stereocenters. The molecule has 1 atom stereocenters. The van der Waals surface area contributed by atoms with E-state index in [-0.39, 0.29) is 0 Å². The zero-order valence-electron chi connectivity index (χ0n) is 12.6. The number of piperazine rings is 1. The number of nitrogens with zero attached hydrogens (tertiary/aromatic N) is 3. The van der Waals surface area contributed by atoms with Crippen molar-refractivity contribution in [2.45, 2.75) is 19.8 Å². The van der Waals surface area contributed by atoms with Gasteiger partial charge < -0.3 is 15.5 Å². The molecule has 4 nitrogen and oxygen atoms in total. The summed E-state index contributed by atoms with van der Waals surface area (Å²) in [6.07, 6.45) is 2.53. The maximum Gasteiger partial charge on any atom is 0.0110 e. The van der Waals surface area contributed by atoms with Crippen LogP contribution < -0.4 is 5.73 Å². The van der Waals surface area contributed by atoms with Gasteiger partial charge in [0.25, 0.3) is 0 Å².